The summed E-state index contributed by atoms with van der Waals surface area (Å²) in [6.07, 6.45) is 24.9. The molecule has 0 radical (unpaired) electrons. The molecule has 18 heteroatoms. The molecule has 0 aromatic heterocycles. The fourth-order valence-corrected chi connectivity index (χ4v) is 24.4. The van der Waals surface area contributed by atoms with Crippen LogP contribution < -0.4 is 0 Å². The SMILES string of the molecule is CCC[C@@H]1O[C@@H]2C[C@H]3[C@@H]4CCC5=CC(=O)C=C[C@]5(C)[C@H]4[C@@H](O)C[C@]3(C)[C@]2(C(=O)CO)O1.CCC[C@@H]1O[C@@H]2C[C@H]3[C@@H]4CCC5=CC(=O)C=C[C@]5(C)[C@H]4[C@@H](O)C[C@]3(C)[C@]2(C(=O)CO)O1.CCC[C@@H]1O[C@@H]2C[C@H]3[C@@H]4CCC5=CC(=O)C=C[C@]5(C)[C@H]4[C@@H](O)C[C@]3(C)[C@]2(C(=O)CO)O1. The van der Waals surface area contributed by atoms with Gasteiger partial charge in [0.25, 0.3) is 0 Å². The maximum atomic E-state index is 13.2. The molecule has 9 saturated carbocycles. The maximum Gasteiger partial charge on any atom is 0.193 e. The van der Waals surface area contributed by atoms with Crippen LogP contribution in [0, 0.1) is 85.8 Å². The minimum Gasteiger partial charge on any atom is -0.393 e. The summed E-state index contributed by atoms with van der Waals surface area (Å²) in [5, 5.41) is 64.2. The van der Waals surface area contributed by atoms with E-state index in [-0.39, 0.29) is 104 Å². The molecule has 0 aromatic rings. The summed E-state index contributed by atoms with van der Waals surface area (Å²) in [5.74, 6) is 0.0823. The van der Waals surface area contributed by atoms with Crippen LogP contribution in [0.2, 0.25) is 0 Å². The number of fused-ring (bicyclic) bond motifs is 21. The normalized spacial score (nSPS) is 50.4. The lowest BCUT2D eigenvalue weighted by atomic mass is 9.46. The molecule has 3 heterocycles. The number of Topliss-reactive ketones (excluding diaryl/α,β-unsaturated/α-hetero) is 3. The number of carbonyl (C=O) groups is 6. The quantitative estimate of drug-likeness (QED) is 0.107. The highest BCUT2D eigenvalue weighted by molar-refractivity contribution is 6.02. The molecule has 6 N–H and O–H groups in total. The van der Waals surface area contributed by atoms with E-state index in [1.165, 1.54) is 0 Å². The van der Waals surface area contributed by atoms with Crippen LogP contribution in [-0.2, 0) is 57.2 Å². The molecule has 0 bridgehead atoms. The van der Waals surface area contributed by atoms with Gasteiger partial charge < -0.3 is 59.1 Å². The fourth-order valence-electron chi connectivity index (χ4n) is 24.4. The van der Waals surface area contributed by atoms with Crippen molar-refractivity contribution >= 4 is 34.7 Å². The van der Waals surface area contributed by atoms with Crippen molar-refractivity contribution in [3.8, 4) is 0 Å². The summed E-state index contributed by atoms with van der Waals surface area (Å²) < 4.78 is 38.0. The van der Waals surface area contributed by atoms with E-state index in [1.807, 2.05) is 18.2 Å². The van der Waals surface area contributed by atoms with Gasteiger partial charge in [-0.25, -0.2) is 0 Å². The predicted molar refractivity (Wildman–Crippen MR) is 339 cm³/mol. The summed E-state index contributed by atoms with van der Waals surface area (Å²) in [5.41, 5.74) is -3.14. The average molecular weight is 1290 g/mol. The second kappa shape index (κ2) is 23.9. The number of aliphatic hydroxyl groups is 6. The Morgan fingerprint density at radius 1 is 0.441 bits per heavy atom. The zero-order valence-electron chi connectivity index (χ0n) is 56.0. The molecule has 0 unspecified atom stereocenters. The van der Waals surface area contributed by atoms with Crippen molar-refractivity contribution in [2.75, 3.05) is 19.8 Å². The molecule has 3 aliphatic heterocycles. The first-order valence-corrected chi connectivity index (χ1v) is 35.4. The Balaban J connectivity index is 0.000000127. The van der Waals surface area contributed by atoms with Gasteiger partial charge in [-0.3, -0.25) is 28.8 Å². The largest absolute Gasteiger partial charge is 0.393 e. The molecule has 93 heavy (non-hydrogen) atoms. The molecule has 18 nitrogen and oxygen atoms in total. The van der Waals surface area contributed by atoms with Crippen molar-refractivity contribution < 1.29 is 87.8 Å². The Morgan fingerprint density at radius 3 is 0.935 bits per heavy atom. The van der Waals surface area contributed by atoms with Crippen LogP contribution in [0.15, 0.2) is 71.4 Å². The summed E-state index contributed by atoms with van der Waals surface area (Å²) >= 11 is 0. The number of ether oxygens (including phenoxy) is 6. The van der Waals surface area contributed by atoms with E-state index in [0.29, 0.717) is 57.8 Å². The minimum absolute atomic E-state index is 0.0125. The average Bonchev–Trinajstić information content (AvgIpc) is 1.56. The smallest absolute Gasteiger partial charge is 0.193 e. The molecule has 3 saturated heterocycles. The van der Waals surface area contributed by atoms with Gasteiger partial charge in [0.05, 0.1) is 36.6 Å². The van der Waals surface area contributed by atoms with Crippen LogP contribution in [0.1, 0.15) is 178 Å². The molecule has 12 aliphatic carbocycles. The molecule has 510 valence electrons. The van der Waals surface area contributed by atoms with Gasteiger partial charge in [0, 0.05) is 50.2 Å². The fraction of sp³-hybridized carbons (Fsp3) is 0.760. The van der Waals surface area contributed by atoms with E-state index in [2.05, 4.69) is 62.3 Å². The minimum atomic E-state index is -1.20. The molecule has 15 aliphatic rings. The van der Waals surface area contributed by atoms with Crippen molar-refractivity contribution in [1.29, 1.82) is 0 Å². The van der Waals surface area contributed by atoms with Crippen molar-refractivity contribution in [2.24, 2.45) is 85.8 Å². The number of aliphatic hydroxyl groups excluding tert-OH is 6. The van der Waals surface area contributed by atoms with Crippen LogP contribution in [0.5, 0.6) is 0 Å². The summed E-state index contributed by atoms with van der Waals surface area (Å²) in [6, 6.07) is 0. The third-order valence-electron chi connectivity index (χ3n) is 28.1. The van der Waals surface area contributed by atoms with Gasteiger partial charge in [0.2, 0.25) is 0 Å². The second-order valence-electron chi connectivity index (χ2n) is 32.2. The number of ketones is 6. The Kier molecular flexibility index (Phi) is 17.3. The van der Waals surface area contributed by atoms with Crippen molar-refractivity contribution in [3.05, 3.63) is 71.4 Å². The monoisotopic (exact) mass is 1290 g/mol. The van der Waals surface area contributed by atoms with Crippen LogP contribution >= 0.6 is 0 Å². The third kappa shape index (κ3) is 9.40. The van der Waals surface area contributed by atoms with Gasteiger partial charge >= 0.3 is 0 Å². The first-order valence-electron chi connectivity index (χ1n) is 35.4. The van der Waals surface area contributed by atoms with E-state index in [0.717, 1.165) is 74.5 Å². The summed E-state index contributed by atoms with van der Waals surface area (Å²) in [7, 11) is 0. The molecule has 0 aromatic carbocycles. The van der Waals surface area contributed by atoms with Crippen LogP contribution in [0.3, 0.4) is 0 Å². The third-order valence-corrected chi connectivity index (χ3v) is 28.1. The molecule has 12 fully saturated rings. The van der Waals surface area contributed by atoms with Crippen LogP contribution in [0.25, 0.3) is 0 Å². The van der Waals surface area contributed by atoms with E-state index in [1.54, 1.807) is 36.5 Å². The highest BCUT2D eigenvalue weighted by Gasteiger charge is 2.79. The highest BCUT2D eigenvalue weighted by atomic mass is 16.8. The molecule has 15 rings (SSSR count). The maximum absolute atomic E-state index is 13.2. The lowest BCUT2D eigenvalue weighted by Gasteiger charge is -2.59. The van der Waals surface area contributed by atoms with Gasteiger partial charge in [0.1, 0.15) is 19.8 Å². The van der Waals surface area contributed by atoms with Gasteiger partial charge in [-0.2, -0.15) is 0 Å². The Labute approximate surface area is 547 Å². The number of allylic oxidation sites excluding steroid dienone is 12. The zero-order chi connectivity index (χ0) is 66.5. The predicted octanol–water partition coefficient (Wildman–Crippen LogP) is 8.15. The van der Waals surface area contributed by atoms with Gasteiger partial charge in [0.15, 0.2) is 70.4 Å². The van der Waals surface area contributed by atoms with Crippen molar-refractivity contribution in [1.82, 2.24) is 0 Å². The van der Waals surface area contributed by atoms with Gasteiger partial charge in [-0.15, -0.1) is 0 Å². The number of hydrogen-bond acceptors (Lipinski definition) is 18. The lowest BCUT2D eigenvalue weighted by Crippen LogP contribution is -2.63. The summed E-state index contributed by atoms with van der Waals surface area (Å²) in [6.45, 7) is 17.0. The van der Waals surface area contributed by atoms with E-state index in [4.69, 9.17) is 28.4 Å². The highest BCUT2D eigenvalue weighted by Crippen LogP contribution is 2.74. The van der Waals surface area contributed by atoms with Crippen molar-refractivity contribution in [2.45, 2.75) is 250 Å². The topological polar surface area (TPSA) is 279 Å². The molecular weight excluding hydrogens is 1190 g/mol. The Bertz CT molecular complexity index is 2920. The Morgan fingerprint density at radius 2 is 0.699 bits per heavy atom. The van der Waals surface area contributed by atoms with Gasteiger partial charge in [-0.05, 0) is 168 Å². The number of hydrogen-bond donors (Lipinski definition) is 6. The number of carbonyl (C=O) groups excluding carboxylic acids is 6. The molecule has 27 atom stereocenters. The van der Waals surface area contributed by atoms with E-state index < -0.39 is 108 Å². The zero-order valence-corrected chi connectivity index (χ0v) is 56.0. The molecule has 0 amide bonds. The van der Waals surface area contributed by atoms with Crippen LogP contribution in [-0.4, -0.2) is 157 Å². The summed E-state index contributed by atoms with van der Waals surface area (Å²) in [4.78, 5) is 75.6. The first kappa shape index (κ1) is 67.5. The molecular formula is C75H102O18. The Hall–Kier alpha value is -4.02. The van der Waals surface area contributed by atoms with Crippen molar-refractivity contribution in [3.63, 3.8) is 0 Å². The second-order valence-corrected chi connectivity index (χ2v) is 32.2. The van der Waals surface area contributed by atoms with Crippen LogP contribution in [0.4, 0.5) is 0 Å². The standard InChI is InChI=1S/3C25H34O6/c3*1-4-5-21-30-20-11-17-16-7-6-14-10-15(27)8-9-23(14,2)22(16)18(28)12-24(17,3)25(20,31-21)19(29)13-26/h3*8-10,16-18,20-22,26,28H,4-7,11-13H2,1-3H3/t3*16-,17-,18-,20+,21+,22+,23-,24-,25+/m000/s1. The van der Waals surface area contributed by atoms with E-state index >= 15 is 0 Å². The number of rotatable bonds is 12. The lowest BCUT2D eigenvalue weighted by molar-refractivity contribution is -0.200. The first-order chi connectivity index (χ1) is 44.1. The molecule has 0 spiro atoms. The van der Waals surface area contributed by atoms with Gasteiger partial charge in [-0.1, -0.05) is 117 Å². The van der Waals surface area contributed by atoms with E-state index in [9.17, 15) is 59.4 Å².